The molecule has 162 valence electrons. The van der Waals surface area contributed by atoms with Gasteiger partial charge in [0.25, 0.3) is 5.56 Å². The van der Waals surface area contributed by atoms with Crippen LogP contribution in [0.3, 0.4) is 0 Å². The predicted octanol–water partition coefficient (Wildman–Crippen LogP) is 3.07. The highest BCUT2D eigenvalue weighted by atomic mass is 32.2. The summed E-state index contributed by atoms with van der Waals surface area (Å²) in [6.07, 6.45) is 1.99. The second-order valence-corrected chi connectivity index (χ2v) is 8.54. The fourth-order valence-electron chi connectivity index (χ4n) is 4.49. The van der Waals surface area contributed by atoms with E-state index < -0.39 is 17.2 Å². The summed E-state index contributed by atoms with van der Waals surface area (Å²) in [7, 11) is 1.55. The summed E-state index contributed by atoms with van der Waals surface area (Å²) in [5.74, 6) is -0.310. The Kier molecular flexibility index (Phi) is 5.11. The Morgan fingerprint density at radius 3 is 2.44 bits per heavy atom. The van der Waals surface area contributed by atoms with Crippen LogP contribution in [0.1, 0.15) is 33.0 Å². The van der Waals surface area contributed by atoms with Crippen LogP contribution in [0.5, 0.6) is 0 Å². The summed E-state index contributed by atoms with van der Waals surface area (Å²) in [5.41, 5.74) is 2.70. The third-order valence-corrected chi connectivity index (χ3v) is 6.72. The number of hydrogen-bond acceptors (Lipinski definition) is 6. The first kappa shape index (κ1) is 20.5. The van der Waals surface area contributed by atoms with Crippen molar-refractivity contribution in [1.29, 1.82) is 0 Å². The summed E-state index contributed by atoms with van der Waals surface area (Å²) >= 11 is 1.62. The van der Waals surface area contributed by atoms with Crippen molar-refractivity contribution in [2.45, 2.75) is 17.4 Å². The molecule has 2 aromatic carbocycles. The third kappa shape index (κ3) is 3.06. The summed E-state index contributed by atoms with van der Waals surface area (Å²) in [6, 6.07) is 15.2. The minimum absolute atomic E-state index is 0.110. The largest absolute Gasteiger partial charge is 0.383 e. The molecule has 1 aliphatic carbocycles. The maximum Gasteiger partial charge on any atom is 0.330 e. The molecular weight excluding hydrogens is 426 g/mol. The molecule has 2 aliphatic rings. The van der Waals surface area contributed by atoms with Gasteiger partial charge in [-0.2, -0.15) is 0 Å². The normalized spacial score (nSPS) is 16.4. The first-order valence-electron chi connectivity index (χ1n) is 10.2. The standard InChI is InChI=1S/C24H21N3O4S/c1-31-12-11-27-22-19(23(29)26-24(27)30)17(13-7-9-14(32-2)10-8-13)18-20(25-22)15-5-3-4-6-16(15)21(18)28/h3-10,17,25H,11-12H2,1-2H3,(H,26,29,30). The number of ether oxygens (including phenoxy) is 1. The van der Waals surface area contributed by atoms with Crippen LogP contribution in [-0.2, 0) is 11.3 Å². The highest BCUT2D eigenvalue weighted by Crippen LogP contribution is 2.47. The van der Waals surface area contributed by atoms with E-state index >= 15 is 0 Å². The number of aromatic amines is 1. The van der Waals surface area contributed by atoms with E-state index in [4.69, 9.17) is 4.74 Å². The topological polar surface area (TPSA) is 93.2 Å². The molecule has 2 N–H and O–H groups in total. The van der Waals surface area contributed by atoms with Crippen LogP contribution in [0, 0.1) is 0 Å². The van der Waals surface area contributed by atoms with Crippen molar-refractivity contribution in [3.8, 4) is 0 Å². The van der Waals surface area contributed by atoms with Gasteiger partial charge >= 0.3 is 5.69 Å². The number of ketones is 1. The number of H-pyrrole nitrogens is 1. The van der Waals surface area contributed by atoms with Crippen LogP contribution in [0.2, 0.25) is 0 Å². The van der Waals surface area contributed by atoms with E-state index in [0.717, 1.165) is 16.0 Å². The quantitative estimate of drug-likeness (QED) is 0.584. The number of aromatic nitrogens is 2. The van der Waals surface area contributed by atoms with Gasteiger partial charge in [0, 0.05) is 34.6 Å². The van der Waals surface area contributed by atoms with E-state index in [9.17, 15) is 14.4 Å². The number of Topliss-reactive ketones (excluding diaryl/α,β-unsaturated/α-hetero) is 1. The van der Waals surface area contributed by atoms with Gasteiger partial charge in [-0.05, 0) is 24.0 Å². The fourth-order valence-corrected chi connectivity index (χ4v) is 4.90. The van der Waals surface area contributed by atoms with Crippen LogP contribution < -0.4 is 16.6 Å². The summed E-state index contributed by atoms with van der Waals surface area (Å²) in [4.78, 5) is 42.8. The van der Waals surface area contributed by atoms with Gasteiger partial charge in [-0.25, -0.2) is 4.79 Å². The molecule has 2 heterocycles. The molecule has 1 aromatic heterocycles. The first-order valence-corrected chi connectivity index (χ1v) is 11.4. The molecule has 1 unspecified atom stereocenters. The van der Waals surface area contributed by atoms with E-state index in [1.807, 2.05) is 48.7 Å². The molecule has 7 nitrogen and oxygen atoms in total. The Morgan fingerprint density at radius 2 is 1.75 bits per heavy atom. The lowest BCUT2D eigenvalue weighted by Crippen LogP contribution is -2.38. The van der Waals surface area contributed by atoms with E-state index in [2.05, 4.69) is 10.3 Å². The summed E-state index contributed by atoms with van der Waals surface area (Å²) in [5, 5.41) is 3.27. The maximum absolute atomic E-state index is 13.5. The van der Waals surface area contributed by atoms with Gasteiger partial charge in [-0.1, -0.05) is 36.4 Å². The average Bonchev–Trinajstić information content (AvgIpc) is 3.10. The molecule has 32 heavy (non-hydrogen) atoms. The molecular formula is C24H21N3O4S. The number of hydrogen-bond donors (Lipinski definition) is 2. The summed E-state index contributed by atoms with van der Waals surface area (Å²) in [6.45, 7) is 0.562. The zero-order valence-electron chi connectivity index (χ0n) is 17.6. The van der Waals surface area contributed by atoms with Crippen molar-refractivity contribution in [2.24, 2.45) is 0 Å². The number of nitrogens with zero attached hydrogens (tertiary/aromatic N) is 1. The molecule has 0 radical (unpaired) electrons. The van der Waals surface area contributed by atoms with E-state index in [-0.39, 0.29) is 12.3 Å². The summed E-state index contributed by atoms with van der Waals surface area (Å²) < 4.78 is 6.64. The van der Waals surface area contributed by atoms with Gasteiger partial charge in [-0.3, -0.25) is 19.1 Å². The van der Waals surface area contributed by atoms with Crippen LogP contribution >= 0.6 is 11.8 Å². The Hall–Kier alpha value is -3.36. The number of carbonyl (C=O) groups is 1. The molecule has 1 atom stereocenters. The monoisotopic (exact) mass is 447 g/mol. The molecule has 0 spiro atoms. The SMILES string of the molecule is COCCn1c2c(c(=O)[nH]c1=O)C(c1ccc(SC)cc1)C1=C(N2)c2ccccc2C1=O. The lowest BCUT2D eigenvalue weighted by Gasteiger charge is -2.29. The second-order valence-electron chi connectivity index (χ2n) is 7.66. The molecule has 0 bridgehead atoms. The highest BCUT2D eigenvalue weighted by Gasteiger charge is 2.42. The third-order valence-electron chi connectivity index (χ3n) is 5.98. The van der Waals surface area contributed by atoms with Gasteiger partial charge in [-0.15, -0.1) is 11.8 Å². The molecule has 8 heteroatoms. The van der Waals surface area contributed by atoms with E-state index in [1.165, 1.54) is 4.57 Å². The predicted molar refractivity (Wildman–Crippen MR) is 125 cm³/mol. The number of benzene rings is 2. The molecule has 5 rings (SSSR count). The first-order chi connectivity index (χ1) is 15.5. The van der Waals surface area contributed by atoms with E-state index in [0.29, 0.717) is 34.8 Å². The Labute approximate surface area is 188 Å². The molecule has 0 fully saturated rings. The van der Waals surface area contributed by atoms with Crippen LogP contribution in [0.4, 0.5) is 5.82 Å². The van der Waals surface area contributed by atoms with Crippen LogP contribution in [0.25, 0.3) is 5.70 Å². The highest BCUT2D eigenvalue weighted by molar-refractivity contribution is 7.98. The minimum atomic E-state index is -0.602. The van der Waals surface area contributed by atoms with Gasteiger partial charge < -0.3 is 10.1 Å². The van der Waals surface area contributed by atoms with Crippen molar-refractivity contribution < 1.29 is 9.53 Å². The second kappa shape index (κ2) is 7.96. The van der Waals surface area contributed by atoms with Crippen molar-refractivity contribution in [2.75, 3.05) is 25.3 Å². The van der Waals surface area contributed by atoms with E-state index in [1.54, 1.807) is 24.9 Å². The smallest absolute Gasteiger partial charge is 0.330 e. The number of fused-ring (bicyclic) bond motifs is 3. The lowest BCUT2D eigenvalue weighted by atomic mass is 9.81. The van der Waals surface area contributed by atoms with Crippen molar-refractivity contribution in [1.82, 2.24) is 9.55 Å². The zero-order chi connectivity index (χ0) is 22.4. The van der Waals surface area contributed by atoms with Gasteiger partial charge in [0.05, 0.1) is 24.4 Å². The number of anilines is 1. The Morgan fingerprint density at radius 1 is 1.03 bits per heavy atom. The average molecular weight is 448 g/mol. The van der Waals surface area contributed by atoms with Gasteiger partial charge in [0.2, 0.25) is 0 Å². The molecule has 0 amide bonds. The number of methoxy groups -OCH3 is 1. The number of rotatable bonds is 5. The lowest BCUT2D eigenvalue weighted by molar-refractivity contribution is 0.103. The molecule has 0 saturated carbocycles. The number of allylic oxidation sites excluding steroid dienone is 1. The minimum Gasteiger partial charge on any atom is -0.383 e. The molecule has 1 aliphatic heterocycles. The number of carbonyl (C=O) groups excluding carboxylic acids is 1. The van der Waals surface area contributed by atoms with Crippen LogP contribution in [-0.4, -0.2) is 35.3 Å². The van der Waals surface area contributed by atoms with Crippen molar-refractivity contribution in [3.63, 3.8) is 0 Å². The number of nitrogens with one attached hydrogen (secondary N) is 2. The molecule has 0 saturated heterocycles. The van der Waals surface area contributed by atoms with Gasteiger partial charge in [0.15, 0.2) is 5.78 Å². The Balaban J connectivity index is 1.80. The molecule has 3 aromatic rings. The zero-order valence-corrected chi connectivity index (χ0v) is 18.4. The number of thioether (sulfide) groups is 1. The van der Waals surface area contributed by atoms with Crippen LogP contribution in [0.15, 0.2) is 68.6 Å². The fraction of sp³-hybridized carbons (Fsp3) is 0.208. The maximum atomic E-state index is 13.5. The van der Waals surface area contributed by atoms with Crippen molar-refractivity contribution in [3.05, 3.63) is 97.2 Å². The Bertz CT molecular complexity index is 1390. The van der Waals surface area contributed by atoms with Gasteiger partial charge in [0.1, 0.15) is 5.82 Å². The van der Waals surface area contributed by atoms with Crippen molar-refractivity contribution >= 4 is 29.1 Å².